The van der Waals surface area contributed by atoms with E-state index in [9.17, 15) is 0 Å². The smallest absolute Gasteiger partial charge is 0.191 e. The first-order chi connectivity index (χ1) is 13.8. The molecule has 5 heteroatoms. The molecule has 0 aromatic heterocycles. The second kappa shape index (κ2) is 13.6. The summed E-state index contributed by atoms with van der Waals surface area (Å²) in [6, 6.07) is 21.4. The van der Waals surface area contributed by atoms with Gasteiger partial charge in [0.15, 0.2) is 5.96 Å². The first-order valence-electron chi connectivity index (χ1n) is 10.7. The van der Waals surface area contributed by atoms with E-state index in [1.54, 1.807) is 0 Å². The van der Waals surface area contributed by atoms with Crippen LogP contribution in [-0.2, 0) is 12.8 Å². The normalized spacial score (nSPS) is 17.0. The third kappa shape index (κ3) is 8.74. The van der Waals surface area contributed by atoms with Crippen LogP contribution >= 0.6 is 24.0 Å². The van der Waals surface area contributed by atoms with Crippen molar-refractivity contribution in [1.29, 1.82) is 0 Å². The molecule has 0 bridgehead atoms. The van der Waals surface area contributed by atoms with Crippen LogP contribution in [-0.4, -0.2) is 50.1 Å². The van der Waals surface area contributed by atoms with Gasteiger partial charge in [0.25, 0.3) is 0 Å². The van der Waals surface area contributed by atoms with Gasteiger partial charge >= 0.3 is 0 Å². The zero-order valence-electron chi connectivity index (χ0n) is 17.5. The van der Waals surface area contributed by atoms with Crippen molar-refractivity contribution in [2.24, 2.45) is 10.9 Å². The molecule has 2 aromatic rings. The summed E-state index contributed by atoms with van der Waals surface area (Å²) in [5, 5.41) is 6.85. The van der Waals surface area contributed by atoms with E-state index in [-0.39, 0.29) is 24.0 Å². The summed E-state index contributed by atoms with van der Waals surface area (Å²) < 4.78 is 0. The number of benzene rings is 2. The van der Waals surface area contributed by atoms with Crippen molar-refractivity contribution < 1.29 is 0 Å². The Bertz CT molecular complexity index is 705. The quantitative estimate of drug-likeness (QED) is 0.307. The number of hydrogen-bond acceptors (Lipinski definition) is 2. The van der Waals surface area contributed by atoms with Crippen molar-refractivity contribution in [2.45, 2.75) is 26.2 Å². The van der Waals surface area contributed by atoms with E-state index in [2.05, 4.69) is 83.1 Å². The van der Waals surface area contributed by atoms with E-state index in [1.165, 1.54) is 30.6 Å². The molecule has 0 amide bonds. The van der Waals surface area contributed by atoms with Crippen LogP contribution in [0.15, 0.2) is 65.7 Å². The Labute approximate surface area is 193 Å². The number of rotatable bonds is 9. The highest BCUT2D eigenvalue weighted by molar-refractivity contribution is 14.0. The van der Waals surface area contributed by atoms with Crippen molar-refractivity contribution in [3.63, 3.8) is 0 Å². The van der Waals surface area contributed by atoms with E-state index in [0.29, 0.717) is 5.92 Å². The number of nitrogens with one attached hydrogen (secondary N) is 2. The second-order valence-corrected chi connectivity index (χ2v) is 7.57. The summed E-state index contributed by atoms with van der Waals surface area (Å²) in [6.45, 7) is 8.34. The van der Waals surface area contributed by atoms with Gasteiger partial charge in [0.2, 0.25) is 0 Å². The van der Waals surface area contributed by atoms with Crippen LogP contribution in [0.1, 0.15) is 24.5 Å². The summed E-state index contributed by atoms with van der Waals surface area (Å²) in [4.78, 5) is 7.43. The van der Waals surface area contributed by atoms with Gasteiger partial charge in [-0.25, -0.2) is 0 Å². The fourth-order valence-electron chi connectivity index (χ4n) is 3.73. The lowest BCUT2D eigenvalue weighted by Gasteiger charge is -2.16. The van der Waals surface area contributed by atoms with Gasteiger partial charge in [0, 0.05) is 32.7 Å². The van der Waals surface area contributed by atoms with Gasteiger partial charge < -0.3 is 15.5 Å². The van der Waals surface area contributed by atoms with Crippen LogP contribution in [0, 0.1) is 5.92 Å². The molecule has 2 N–H and O–H groups in total. The zero-order chi connectivity index (χ0) is 19.4. The largest absolute Gasteiger partial charge is 0.357 e. The van der Waals surface area contributed by atoms with Crippen LogP contribution in [0.3, 0.4) is 0 Å². The minimum Gasteiger partial charge on any atom is -0.357 e. The Morgan fingerprint density at radius 1 is 0.966 bits per heavy atom. The molecule has 0 spiro atoms. The number of aliphatic imine (C=N–C) groups is 1. The maximum atomic E-state index is 4.85. The highest BCUT2D eigenvalue weighted by Crippen LogP contribution is 2.17. The second-order valence-electron chi connectivity index (χ2n) is 7.57. The van der Waals surface area contributed by atoms with Crippen LogP contribution in [0.25, 0.3) is 0 Å². The van der Waals surface area contributed by atoms with Gasteiger partial charge in [0.1, 0.15) is 0 Å². The molecule has 3 rings (SSSR count). The van der Waals surface area contributed by atoms with Gasteiger partial charge in [-0.15, -0.1) is 24.0 Å². The average Bonchev–Trinajstić information content (AvgIpc) is 3.20. The summed E-state index contributed by atoms with van der Waals surface area (Å²) in [5.74, 6) is 1.61. The van der Waals surface area contributed by atoms with Crippen LogP contribution in [0.4, 0.5) is 0 Å². The molecule has 1 aliphatic rings. The molecule has 2 aromatic carbocycles. The number of nitrogens with zero attached hydrogens (tertiary/aromatic N) is 2. The molecule has 1 heterocycles. The molecule has 1 atom stereocenters. The molecule has 1 fully saturated rings. The maximum Gasteiger partial charge on any atom is 0.191 e. The van der Waals surface area contributed by atoms with Gasteiger partial charge in [-0.2, -0.15) is 0 Å². The van der Waals surface area contributed by atoms with Crippen LogP contribution in [0.2, 0.25) is 0 Å². The molecular weight excluding hydrogens is 471 g/mol. The zero-order valence-corrected chi connectivity index (χ0v) is 19.8. The van der Waals surface area contributed by atoms with E-state index in [0.717, 1.165) is 45.0 Å². The SMILES string of the molecule is CCNC(=NCC1CCN(CCc2ccccc2)C1)NCCc1ccccc1.I. The Hall–Kier alpha value is -1.60. The first kappa shape index (κ1) is 23.7. The van der Waals surface area contributed by atoms with Crippen molar-refractivity contribution in [3.05, 3.63) is 71.8 Å². The number of guanidine groups is 1. The monoisotopic (exact) mass is 506 g/mol. The highest BCUT2D eigenvalue weighted by atomic mass is 127. The maximum absolute atomic E-state index is 4.85. The van der Waals surface area contributed by atoms with Crippen molar-refractivity contribution in [3.8, 4) is 0 Å². The molecular formula is C24H35IN4. The van der Waals surface area contributed by atoms with Crippen LogP contribution in [0.5, 0.6) is 0 Å². The van der Waals surface area contributed by atoms with E-state index in [1.807, 2.05) is 0 Å². The predicted octanol–water partition coefficient (Wildman–Crippen LogP) is 3.97. The first-order valence-corrected chi connectivity index (χ1v) is 10.7. The predicted molar refractivity (Wildman–Crippen MR) is 134 cm³/mol. The van der Waals surface area contributed by atoms with E-state index >= 15 is 0 Å². The average molecular weight is 506 g/mol. The topological polar surface area (TPSA) is 39.7 Å². The lowest BCUT2D eigenvalue weighted by Crippen LogP contribution is -2.38. The Balaban J connectivity index is 0.00000300. The minimum atomic E-state index is 0. The number of likely N-dealkylation sites (tertiary alicyclic amines) is 1. The number of halogens is 1. The molecule has 4 nitrogen and oxygen atoms in total. The van der Waals surface area contributed by atoms with Crippen molar-refractivity contribution >= 4 is 29.9 Å². The molecule has 1 saturated heterocycles. The van der Waals surface area contributed by atoms with Gasteiger partial charge in [-0.1, -0.05) is 60.7 Å². The highest BCUT2D eigenvalue weighted by Gasteiger charge is 2.21. The fraction of sp³-hybridized carbons (Fsp3) is 0.458. The summed E-state index contributed by atoms with van der Waals surface area (Å²) in [7, 11) is 0. The van der Waals surface area contributed by atoms with Crippen molar-refractivity contribution in [1.82, 2.24) is 15.5 Å². The Kier molecular flexibility index (Phi) is 11.1. The molecule has 29 heavy (non-hydrogen) atoms. The molecule has 1 aliphatic heterocycles. The molecule has 158 valence electrons. The number of hydrogen-bond donors (Lipinski definition) is 2. The summed E-state index contributed by atoms with van der Waals surface area (Å²) in [5.41, 5.74) is 2.79. The molecule has 0 aliphatic carbocycles. The van der Waals surface area contributed by atoms with Gasteiger partial charge in [-0.3, -0.25) is 4.99 Å². The molecule has 0 saturated carbocycles. The molecule has 0 radical (unpaired) electrons. The summed E-state index contributed by atoms with van der Waals surface area (Å²) in [6.07, 6.45) is 3.41. The van der Waals surface area contributed by atoms with Gasteiger partial charge in [-0.05, 0) is 49.8 Å². The minimum absolute atomic E-state index is 0. The van der Waals surface area contributed by atoms with E-state index in [4.69, 9.17) is 4.99 Å². The lowest BCUT2D eigenvalue weighted by molar-refractivity contribution is 0.329. The van der Waals surface area contributed by atoms with Gasteiger partial charge in [0.05, 0.1) is 0 Å². The van der Waals surface area contributed by atoms with E-state index < -0.39 is 0 Å². The summed E-state index contributed by atoms with van der Waals surface area (Å²) >= 11 is 0. The lowest BCUT2D eigenvalue weighted by atomic mass is 10.1. The molecule has 1 unspecified atom stereocenters. The third-order valence-corrected chi connectivity index (χ3v) is 5.33. The van der Waals surface area contributed by atoms with Crippen molar-refractivity contribution in [2.75, 3.05) is 39.3 Å². The van der Waals surface area contributed by atoms with Crippen LogP contribution < -0.4 is 10.6 Å². The standard InChI is InChI=1S/C24H34N4.HI/c1-2-25-24(26-16-13-21-9-5-3-6-10-21)27-19-23-15-18-28(20-23)17-14-22-11-7-4-8-12-22;/h3-12,23H,2,13-20H2,1H3,(H2,25,26,27);1H. The Morgan fingerprint density at radius 3 is 2.28 bits per heavy atom. The fourth-order valence-corrected chi connectivity index (χ4v) is 3.73. The third-order valence-electron chi connectivity index (χ3n) is 5.33. The Morgan fingerprint density at radius 2 is 1.62 bits per heavy atom.